The zero-order valence-electron chi connectivity index (χ0n) is 9.93. The molecule has 2 aromatic rings. The van der Waals surface area contributed by atoms with Crippen molar-refractivity contribution in [3.8, 4) is 5.75 Å². The summed E-state index contributed by atoms with van der Waals surface area (Å²) in [6.07, 6.45) is 0. The maximum atomic E-state index is 11.2. The highest BCUT2D eigenvalue weighted by atomic mass is 35.5. The van der Waals surface area contributed by atoms with Gasteiger partial charge in [-0.25, -0.2) is 4.98 Å². The molecule has 2 rings (SSSR count). The minimum absolute atomic E-state index is 0.210. The van der Waals surface area contributed by atoms with Crippen LogP contribution in [0.5, 0.6) is 5.75 Å². The molecule has 0 unspecified atom stereocenters. The summed E-state index contributed by atoms with van der Waals surface area (Å²) in [6.45, 7) is 0.476. The molecule has 0 atom stereocenters. The minimum atomic E-state index is -0.259. The Hall–Kier alpha value is -1.66. The number of hydrogen-bond acceptors (Lipinski definition) is 5. The number of nitrogens with one attached hydrogen (secondary N) is 1. The number of nitrogens with zero attached hydrogens (tertiary/aromatic N) is 1. The average Bonchev–Trinajstić information content (AvgIpc) is 2.34. The molecule has 0 spiro atoms. The van der Waals surface area contributed by atoms with Crippen LogP contribution in [0.2, 0.25) is 5.02 Å². The van der Waals surface area contributed by atoms with Gasteiger partial charge >= 0.3 is 0 Å². The number of aromatic nitrogens is 2. The fourth-order valence-electron chi connectivity index (χ4n) is 1.38. The topological polar surface area (TPSA) is 81.0 Å². The first-order valence-electron chi connectivity index (χ1n) is 5.51. The molecule has 0 saturated carbocycles. The standard InChI is InChI=1S/C12H12ClN3O2S/c13-8-2-1-3-9(6-8)18-4-5-19-12-15-10(14)7-11(17)16-12/h1-3,6-7H,4-5H2,(H3,14,15,16,17). The van der Waals surface area contributed by atoms with Gasteiger partial charge in [-0.05, 0) is 18.2 Å². The molecule has 0 saturated heterocycles. The summed E-state index contributed by atoms with van der Waals surface area (Å²) >= 11 is 7.21. The summed E-state index contributed by atoms with van der Waals surface area (Å²) in [5.74, 6) is 1.56. The lowest BCUT2D eigenvalue weighted by Crippen LogP contribution is -2.10. The van der Waals surface area contributed by atoms with Crippen molar-refractivity contribution in [2.45, 2.75) is 5.16 Å². The number of aromatic amines is 1. The molecule has 0 fully saturated rings. The highest BCUT2D eigenvalue weighted by molar-refractivity contribution is 7.99. The zero-order chi connectivity index (χ0) is 13.7. The Labute approximate surface area is 119 Å². The summed E-state index contributed by atoms with van der Waals surface area (Å²) in [7, 11) is 0. The Kier molecular flexibility index (Phi) is 4.70. The third-order valence-corrected chi connectivity index (χ3v) is 3.20. The van der Waals surface area contributed by atoms with E-state index in [9.17, 15) is 4.79 Å². The molecular weight excluding hydrogens is 286 g/mol. The van der Waals surface area contributed by atoms with E-state index in [1.54, 1.807) is 12.1 Å². The molecule has 19 heavy (non-hydrogen) atoms. The van der Waals surface area contributed by atoms with Crippen LogP contribution in [0.15, 0.2) is 40.3 Å². The normalized spacial score (nSPS) is 10.4. The van der Waals surface area contributed by atoms with Gasteiger partial charge in [0.2, 0.25) is 0 Å². The Morgan fingerprint density at radius 3 is 3.00 bits per heavy atom. The largest absolute Gasteiger partial charge is 0.493 e. The molecule has 7 heteroatoms. The first-order chi connectivity index (χ1) is 9.13. The van der Waals surface area contributed by atoms with Gasteiger partial charge < -0.3 is 15.5 Å². The first-order valence-corrected chi connectivity index (χ1v) is 6.88. The highest BCUT2D eigenvalue weighted by Gasteiger charge is 2.00. The van der Waals surface area contributed by atoms with Crippen LogP contribution < -0.4 is 16.0 Å². The molecule has 1 aromatic carbocycles. The SMILES string of the molecule is Nc1cc(=O)[nH]c(SCCOc2cccc(Cl)c2)n1. The van der Waals surface area contributed by atoms with Crippen LogP contribution in [0, 0.1) is 0 Å². The van der Waals surface area contributed by atoms with Crippen LogP contribution in [-0.4, -0.2) is 22.3 Å². The molecule has 0 aliphatic carbocycles. The van der Waals surface area contributed by atoms with Gasteiger partial charge in [-0.1, -0.05) is 29.4 Å². The van der Waals surface area contributed by atoms with Crippen LogP contribution in [-0.2, 0) is 0 Å². The molecule has 1 aromatic heterocycles. The van der Waals surface area contributed by atoms with Crippen molar-refractivity contribution < 1.29 is 4.74 Å². The van der Waals surface area contributed by atoms with E-state index in [1.165, 1.54) is 17.8 Å². The second kappa shape index (κ2) is 6.49. The summed E-state index contributed by atoms with van der Waals surface area (Å²) in [5.41, 5.74) is 5.22. The van der Waals surface area contributed by atoms with E-state index >= 15 is 0 Å². The Balaban J connectivity index is 1.82. The van der Waals surface area contributed by atoms with E-state index in [0.717, 1.165) is 0 Å². The Morgan fingerprint density at radius 2 is 2.26 bits per heavy atom. The molecule has 0 radical (unpaired) electrons. The van der Waals surface area contributed by atoms with Gasteiger partial charge in [-0.2, -0.15) is 0 Å². The predicted octanol–water partition coefficient (Wildman–Crippen LogP) is 2.18. The number of halogens is 1. The van der Waals surface area contributed by atoms with Crippen LogP contribution in [0.25, 0.3) is 0 Å². The lowest BCUT2D eigenvalue weighted by Gasteiger charge is -2.06. The van der Waals surface area contributed by atoms with Crippen molar-refractivity contribution in [3.05, 3.63) is 45.7 Å². The van der Waals surface area contributed by atoms with Crippen molar-refractivity contribution in [1.29, 1.82) is 0 Å². The molecule has 5 nitrogen and oxygen atoms in total. The number of anilines is 1. The van der Waals surface area contributed by atoms with Crippen molar-refractivity contribution in [2.75, 3.05) is 18.1 Å². The number of ether oxygens (including phenoxy) is 1. The second-order valence-electron chi connectivity index (χ2n) is 3.63. The van der Waals surface area contributed by atoms with E-state index < -0.39 is 0 Å². The third-order valence-electron chi connectivity index (χ3n) is 2.13. The molecule has 1 heterocycles. The number of H-pyrrole nitrogens is 1. The molecule has 0 bridgehead atoms. The van der Waals surface area contributed by atoms with E-state index in [2.05, 4.69) is 9.97 Å². The smallest absolute Gasteiger partial charge is 0.253 e. The maximum absolute atomic E-state index is 11.2. The van der Waals surface area contributed by atoms with Gasteiger partial charge in [0, 0.05) is 16.8 Å². The molecule has 100 valence electrons. The highest BCUT2D eigenvalue weighted by Crippen LogP contribution is 2.18. The fourth-order valence-corrected chi connectivity index (χ4v) is 2.26. The fraction of sp³-hybridized carbons (Fsp3) is 0.167. The summed E-state index contributed by atoms with van der Waals surface area (Å²) in [4.78, 5) is 17.8. The summed E-state index contributed by atoms with van der Waals surface area (Å²) in [6, 6.07) is 8.42. The lowest BCUT2D eigenvalue weighted by molar-refractivity contribution is 0.344. The van der Waals surface area contributed by atoms with E-state index in [-0.39, 0.29) is 11.4 Å². The number of rotatable bonds is 5. The van der Waals surface area contributed by atoms with Gasteiger partial charge in [0.05, 0.1) is 6.61 Å². The molecule has 3 N–H and O–H groups in total. The monoisotopic (exact) mass is 297 g/mol. The molecular formula is C12H12ClN3O2S. The third kappa shape index (κ3) is 4.50. The van der Waals surface area contributed by atoms with Crippen molar-refractivity contribution in [2.24, 2.45) is 0 Å². The number of nitrogens with two attached hydrogens (primary N) is 1. The van der Waals surface area contributed by atoms with E-state index in [4.69, 9.17) is 22.1 Å². The van der Waals surface area contributed by atoms with Gasteiger partial charge in [0.15, 0.2) is 5.16 Å². The summed E-state index contributed by atoms with van der Waals surface area (Å²) < 4.78 is 5.51. The maximum Gasteiger partial charge on any atom is 0.253 e. The van der Waals surface area contributed by atoms with Crippen LogP contribution in [0.1, 0.15) is 0 Å². The Morgan fingerprint density at radius 1 is 1.42 bits per heavy atom. The lowest BCUT2D eigenvalue weighted by atomic mass is 10.3. The number of hydrogen-bond donors (Lipinski definition) is 2. The minimum Gasteiger partial charge on any atom is -0.493 e. The molecule has 0 aliphatic heterocycles. The zero-order valence-corrected chi connectivity index (χ0v) is 11.5. The first kappa shape index (κ1) is 13.8. The number of benzene rings is 1. The van der Waals surface area contributed by atoms with Gasteiger partial charge in [0.1, 0.15) is 11.6 Å². The average molecular weight is 298 g/mol. The number of nitrogen functional groups attached to an aromatic ring is 1. The van der Waals surface area contributed by atoms with Crippen molar-refractivity contribution >= 4 is 29.2 Å². The molecule has 0 amide bonds. The quantitative estimate of drug-likeness (QED) is 0.502. The van der Waals surface area contributed by atoms with Gasteiger partial charge in [-0.15, -0.1) is 0 Å². The predicted molar refractivity (Wildman–Crippen MR) is 76.9 cm³/mol. The van der Waals surface area contributed by atoms with Gasteiger partial charge in [0.25, 0.3) is 5.56 Å². The van der Waals surface area contributed by atoms with Gasteiger partial charge in [-0.3, -0.25) is 4.79 Å². The van der Waals surface area contributed by atoms with E-state index in [0.29, 0.717) is 28.3 Å². The number of thioether (sulfide) groups is 1. The van der Waals surface area contributed by atoms with Crippen molar-refractivity contribution in [3.63, 3.8) is 0 Å². The van der Waals surface area contributed by atoms with E-state index in [1.807, 2.05) is 12.1 Å². The Bertz CT molecular complexity index is 618. The van der Waals surface area contributed by atoms with Crippen LogP contribution in [0.4, 0.5) is 5.82 Å². The second-order valence-corrected chi connectivity index (χ2v) is 5.15. The van der Waals surface area contributed by atoms with Crippen LogP contribution in [0.3, 0.4) is 0 Å². The summed E-state index contributed by atoms with van der Waals surface area (Å²) in [5, 5.41) is 1.12. The van der Waals surface area contributed by atoms with Crippen molar-refractivity contribution in [1.82, 2.24) is 9.97 Å². The van der Waals surface area contributed by atoms with Crippen LogP contribution >= 0.6 is 23.4 Å². The molecule has 0 aliphatic rings.